The zero-order valence-corrected chi connectivity index (χ0v) is 14.9. The van der Waals surface area contributed by atoms with Crippen LogP contribution in [0, 0.1) is 0 Å². The minimum absolute atomic E-state index is 0.0403. The summed E-state index contributed by atoms with van der Waals surface area (Å²) in [5.41, 5.74) is 1.11. The van der Waals surface area contributed by atoms with E-state index in [0.717, 1.165) is 55.8 Å². The number of carbonyl (C=O) groups is 1. The Labute approximate surface area is 149 Å². The quantitative estimate of drug-likeness (QED) is 0.820. The molecule has 4 rings (SSSR count). The molecule has 2 fully saturated rings. The van der Waals surface area contributed by atoms with Crippen LogP contribution < -0.4 is 9.47 Å². The first-order chi connectivity index (χ1) is 12.2. The summed E-state index contributed by atoms with van der Waals surface area (Å²) in [4.78, 5) is 15.0. The van der Waals surface area contributed by atoms with Gasteiger partial charge < -0.3 is 19.1 Å². The van der Waals surface area contributed by atoms with Crippen LogP contribution in [0.25, 0.3) is 0 Å². The smallest absolute Gasteiger partial charge is 0.225 e. The Morgan fingerprint density at radius 2 is 1.92 bits per heavy atom. The fourth-order valence-corrected chi connectivity index (χ4v) is 3.79. The fourth-order valence-electron chi connectivity index (χ4n) is 3.79. The highest BCUT2D eigenvalue weighted by atomic mass is 16.5. The molecular formula is C20H27NO4. The van der Waals surface area contributed by atoms with Crippen molar-refractivity contribution in [1.82, 2.24) is 4.90 Å². The van der Waals surface area contributed by atoms with Gasteiger partial charge in [0.2, 0.25) is 5.91 Å². The maximum absolute atomic E-state index is 12.9. The average Bonchev–Trinajstić information content (AvgIpc) is 3.36. The van der Waals surface area contributed by atoms with Gasteiger partial charge in [0, 0.05) is 19.1 Å². The second kappa shape index (κ2) is 7.24. The minimum Gasteiger partial charge on any atom is -0.490 e. The Balaban J connectivity index is 1.51. The molecule has 25 heavy (non-hydrogen) atoms. The van der Waals surface area contributed by atoms with Crippen molar-refractivity contribution in [2.24, 2.45) is 0 Å². The van der Waals surface area contributed by atoms with Gasteiger partial charge in [-0.3, -0.25) is 4.79 Å². The summed E-state index contributed by atoms with van der Waals surface area (Å²) in [7, 11) is 0. The molecule has 1 saturated heterocycles. The molecule has 1 aliphatic carbocycles. The number of fused-ring (bicyclic) bond motifs is 1. The van der Waals surface area contributed by atoms with Gasteiger partial charge in [0.15, 0.2) is 11.5 Å². The van der Waals surface area contributed by atoms with Gasteiger partial charge in [0.25, 0.3) is 0 Å². The van der Waals surface area contributed by atoms with Crippen LogP contribution in [0.2, 0.25) is 0 Å². The van der Waals surface area contributed by atoms with Crippen LogP contribution in [0.1, 0.15) is 57.1 Å². The van der Waals surface area contributed by atoms with Gasteiger partial charge in [0.05, 0.1) is 31.8 Å². The number of carbonyl (C=O) groups excluding carboxylic acids is 1. The molecule has 1 aromatic rings. The normalized spacial score (nSPS) is 23.8. The molecule has 0 N–H and O–H groups in total. The summed E-state index contributed by atoms with van der Waals surface area (Å²) in [6.07, 6.45) is 5.78. The SMILES string of the molecule is C[C@@H](c1ccc2c(c1)OCCCO2)N(C(=O)C[C@H]1CCCO1)C1CC1. The van der Waals surface area contributed by atoms with Gasteiger partial charge >= 0.3 is 0 Å². The Hall–Kier alpha value is -1.75. The topological polar surface area (TPSA) is 48.0 Å². The zero-order chi connectivity index (χ0) is 17.2. The molecule has 0 bridgehead atoms. The summed E-state index contributed by atoms with van der Waals surface area (Å²) in [6, 6.07) is 6.49. The van der Waals surface area contributed by atoms with Crippen LogP contribution in [0.3, 0.4) is 0 Å². The van der Waals surface area contributed by atoms with E-state index in [9.17, 15) is 4.79 Å². The molecule has 0 spiro atoms. The number of ether oxygens (including phenoxy) is 3. The van der Waals surface area contributed by atoms with Crippen molar-refractivity contribution in [2.75, 3.05) is 19.8 Å². The molecule has 5 nitrogen and oxygen atoms in total. The first-order valence-corrected chi connectivity index (χ1v) is 9.54. The number of benzene rings is 1. The predicted octanol–water partition coefficient (Wildman–Crippen LogP) is 3.47. The van der Waals surface area contributed by atoms with E-state index >= 15 is 0 Å². The van der Waals surface area contributed by atoms with Gasteiger partial charge in [-0.1, -0.05) is 6.07 Å². The molecule has 1 amide bonds. The van der Waals surface area contributed by atoms with E-state index in [2.05, 4.69) is 17.9 Å². The predicted molar refractivity (Wildman–Crippen MR) is 93.9 cm³/mol. The van der Waals surface area contributed by atoms with Gasteiger partial charge in [-0.15, -0.1) is 0 Å². The monoisotopic (exact) mass is 345 g/mol. The van der Waals surface area contributed by atoms with E-state index in [1.165, 1.54) is 0 Å². The lowest BCUT2D eigenvalue weighted by molar-refractivity contribution is -0.136. The molecule has 2 atom stereocenters. The lowest BCUT2D eigenvalue weighted by atomic mass is 10.0. The van der Waals surface area contributed by atoms with Gasteiger partial charge in [-0.2, -0.15) is 0 Å². The maximum atomic E-state index is 12.9. The first-order valence-electron chi connectivity index (χ1n) is 9.54. The molecule has 0 radical (unpaired) electrons. The summed E-state index contributed by atoms with van der Waals surface area (Å²) in [5.74, 6) is 1.82. The maximum Gasteiger partial charge on any atom is 0.225 e. The second-order valence-corrected chi connectivity index (χ2v) is 7.30. The number of amides is 1. The van der Waals surface area contributed by atoms with E-state index in [1.807, 2.05) is 12.1 Å². The molecule has 3 aliphatic rings. The Kier molecular flexibility index (Phi) is 4.84. The molecule has 1 aromatic carbocycles. The molecule has 136 valence electrons. The first kappa shape index (κ1) is 16.7. The molecular weight excluding hydrogens is 318 g/mol. The van der Waals surface area contributed by atoms with Crippen molar-refractivity contribution in [3.05, 3.63) is 23.8 Å². The lowest BCUT2D eigenvalue weighted by Gasteiger charge is -2.31. The van der Waals surface area contributed by atoms with Crippen molar-refractivity contribution in [3.8, 4) is 11.5 Å². The third-order valence-corrected chi connectivity index (χ3v) is 5.33. The number of hydrogen-bond acceptors (Lipinski definition) is 4. The third-order valence-electron chi connectivity index (χ3n) is 5.33. The molecule has 0 aromatic heterocycles. The third kappa shape index (κ3) is 3.76. The lowest BCUT2D eigenvalue weighted by Crippen LogP contribution is -2.37. The highest BCUT2D eigenvalue weighted by Crippen LogP contribution is 2.38. The standard InChI is InChI=1S/C20H27NO4/c1-14(15-5-8-18-19(12-15)25-11-3-10-24-18)21(16-6-7-16)20(22)13-17-4-2-9-23-17/h5,8,12,14,16-17H,2-4,6-7,9-11,13H2,1H3/t14-,17+/m0/s1. The van der Waals surface area contributed by atoms with Crippen molar-refractivity contribution < 1.29 is 19.0 Å². The largest absolute Gasteiger partial charge is 0.490 e. The Morgan fingerprint density at radius 1 is 1.12 bits per heavy atom. The summed E-state index contributed by atoms with van der Waals surface area (Å²) in [5, 5.41) is 0. The highest BCUT2D eigenvalue weighted by molar-refractivity contribution is 5.78. The number of nitrogens with zero attached hydrogens (tertiary/aromatic N) is 1. The van der Waals surface area contributed by atoms with Crippen molar-refractivity contribution in [3.63, 3.8) is 0 Å². The highest BCUT2D eigenvalue weighted by Gasteiger charge is 2.37. The van der Waals surface area contributed by atoms with Crippen molar-refractivity contribution in [1.29, 1.82) is 0 Å². The molecule has 2 heterocycles. The Bertz CT molecular complexity index is 622. The average molecular weight is 345 g/mol. The van der Waals surface area contributed by atoms with E-state index in [-0.39, 0.29) is 18.1 Å². The van der Waals surface area contributed by atoms with Gasteiger partial charge in [-0.05, 0) is 50.3 Å². The van der Waals surface area contributed by atoms with Crippen molar-refractivity contribution >= 4 is 5.91 Å². The summed E-state index contributed by atoms with van der Waals surface area (Å²) < 4.78 is 17.2. The Morgan fingerprint density at radius 3 is 2.64 bits per heavy atom. The van der Waals surface area contributed by atoms with Crippen LogP contribution >= 0.6 is 0 Å². The van der Waals surface area contributed by atoms with E-state index < -0.39 is 0 Å². The zero-order valence-electron chi connectivity index (χ0n) is 14.9. The summed E-state index contributed by atoms with van der Waals surface area (Å²) >= 11 is 0. The number of hydrogen-bond donors (Lipinski definition) is 0. The van der Waals surface area contributed by atoms with E-state index in [0.29, 0.717) is 25.7 Å². The van der Waals surface area contributed by atoms with Crippen molar-refractivity contribution in [2.45, 2.75) is 63.6 Å². The molecule has 2 aliphatic heterocycles. The van der Waals surface area contributed by atoms with Crippen LogP contribution in [0.4, 0.5) is 0 Å². The van der Waals surface area contributed by atoms with E-state index in [4.69, 9.17) is 14.2 Å². The van der Waals surface area contributed by atoms with E-state index in [1.54, 1.807) is 0 Å². The van der Waals surface area contributed by atoms with Crippen LogP contribution in [-0.2, 0) is 9.53 Å². The molecule has 0 unspecified atom stereocenters. The fraction of sp³-hybridized carbons (Fsp3) is 0.650. The minimum atomic E-state index is 0.0403. The van der Waals surface area contributed by atoms with Crippen LogP contribution in [-0.4, -0.2) is 42.8 Å². The van der Waals surface area contributed by atoms with Crippen LogP contribution in [0.15, 0.2) is 18.2 Å². The summed E-state index contributed by atoms with van der Waals surface area (Å²) in [6.45, 7) is 4.27. The second-order valence-electron chi connectivity index (χ2n) is 7.30. The molecule has 5 heteroatoms. The molecule has 1 saturated carbocycles. The van der Waals surface area contributed by atoms with Gasteiger partial charge in [0.1, 0.15) is 0 Å². The van der Waals surface area contributed by atoms with Gasteiger partial charge in [-0.25, -0.2) is 0 Å². The van der Waals surface area contributed by atoms with Crippen LogP contribution in [0.5, 0.6) is 11.5 Å². The number of rotatable bonds is 5.